The number of hydrogen-bond acceptors (Lipinski definition) is 2. The lowest BCUT2D eigenvalue weighted by molar-refractivity contribution is -0.199. The van der Waals surface area contributed by atoms with Crippen molar-refractivity contribution in [1.29, 1.82) is 0 Å². The van der Waals surface area contributed by atoms with Crippen molar-refractivity contribution in [2.24, 2.45) is 17.3 Å². The van der Waals surface area contributed by atoms with E-state index in [1.54, 1.807) is 0 Å². The van der Waals surface area contributed by atoms with Crippen LogP contribution in [0.3, 0.4) is 0 Å². The molecule has 2 nitrogen and oxygen atoms in total. The molecule has 19 heavy (non-hydrogen) atoms. The topological polar surface area (TPSA) is 18.5 Å². The minimum Gasteiger partial charge on any atom is -0.402 e. The van der Waals surface area contributed by atoms with Crippen molar-refractivity contribution in [3.8, 4) is 0 Å². The van der Waals surface area contributed by atoms with Crippen molar-refractivity contribution < 1.29 is 9.31 Å². The molecular weight excluding hydrogens is 235 g/mol. The van der Waals surface area contributed by atoms with Crippen molar-refractivity contribution in [2.45, 2.75) is 45.3 Å². The summed E-state index contributed by atoms with van der Waals surface area (Å²) >= 11 is 0. The van der Waals surface area contributed by atoms with Gasteiger partial charge >= 0.3 is 7.12 Å². The molecule has 1 heterocycles. The van der Waals surface area contributed by atoms with Gasteiger partial charge in [-0.3, -0.25) is 0 Å². The Morgan fingerprint density at radius 2 is 1.84 bits per heavy atom. The van der Waals surface area contributed by atoms with Gasteiger partial charge in [0.2, 0.25) is 0 Å². The molecule has 1 saturated heterocycles. The summed E-state index contributed by atoms with van der Waals surface area (Å²) in [6.45, 7) is 7.06. The van der Waals surface area contributed by atoms with Crippen molar-refractivity contribution >= 4 is 12.6 Å². The van der Waals surface area contributed by atoms with Crippen LogP contribution >= 0.6 is 0 Å². The Balaban J connectivity index is 1.64. The summed E-state index contributed by atoms with van der Waals surface area (Å²) in [5.41, 5.74) is 1.46. The fourth-order valence-electron chi connectivity index (χ4n) is 4.62. The smallest absolute Gasteiger partial charge is 0.402 e. The van der Waals surface area contributed by atoms with Crippen LogP contribution in [0.1, 0.15) is 33.6 Å². The Bertz CT molecular complexity index is 501. The van der Waals surface area contributed by atoms with E-state index in [-0.39, 0.29) is 18.8 Å². The van der Waals surface area contributed by atoms with Gasteiger partial charge in [-0.2, -0.15) is 0 Å². The zero-order valence-corrected chi connectivity index (χ0v) is 11.9. The molecule has 3 heteroatoms. The normalized spacial score (nSPS) is 42.7. The zero-order valence-electron chi connectivity index (χ0n) is 11.9. The van der Waals surface area contributed by atoms with E-state index in [2.05, 4.69) is 45.0 Å². The summed E-state index contributed by atoms with van der Waals surface area (Å²) in [6, 6.07) is 10.3. The first-order valence-electron chi connectivity index (χ1n) is 7.40. The van der Waals surface area contributed by atoms with Crippen molar-refractivity contribution in [1.82, 2.24) is 0 Å². The monoisotopic (exact) mass is 256 g/mol. The van der Waals surface area contributed by atoms with Gasteiger partial charge in [-0.15, -0.1) is 0 Å². The molecule has 1 aromatic carbocycles. The maximum atomic E-state index is 6.40. The van der Waals surface area contributed by atoms with E-state index in [1.807, 2.05) is 6.07 Å². The minimum absolute atomic E-state index is 0.0985. The van der Waals surface area contributed by atoms with Crippen LogP contribution in [0.2, 0.25) is 0 Å². The third kappa shape index (κ3) is 1.46. The van der Waals surface area contributed by atoms with Crippen LogP contribution in [-0.2, 0) is 9.31 Å². The van der Waals surface area contributed by atoms with Crippen molar-refractivity contribution in [2.75, 3.05) is 0 Å². The summed E-state index contributed by atoms with van der Waals surface area (Å²) < 4.78 is 12.6. The van der Waals surface area contributed by atoms with Gasteiger partial charge in [0.1, 0.15) is 0 Å². The van der Waals surface area contributed by atoms with E-state index < -0.39 is 0 Å². The molecule has 1 aromatic rings. The van der Waals surface area contributed by atoms with E-state index in [9.17, 15) is 0 Å². The zero-order chi connectivity index (χ0) is 13.3. The Morgan fingerprint density at radius 3 is 2.53 bits per heavy atom. The van der Waals surface area contributed by atoms with Crippen molar-refractivity contribution in [3.05, 3.63) is 30.3 Å². The Hall–Kier alpha value is -0.795. The van der Waals surface area contributed by atoms with Crippen LogP contribution in [0.5, 0.6) is 0 Å². The van der Waals surface area contributed by atoms with Gasteiger partial charge in [-0.05, 0) is 42.5 Å². The molecule has 0 spiro atoms. The third-order valence-corrected chi connectivity index (χ3v) is 6.02. The Labute approximate surface area is 115 Å². The summed E-state index contributed by atoms with van der Waals surface area (Å²) in [7, 11) is -0.175. The maximum Gasteiger partial charge on any atom is 0.494 e. The molecule has 0 radical (unpaired) electrons. The van der Waals surface area contributed by atoms with E-state index in [4.69, 9.17) is 9.31 Å². The highest BCUT2D eigenvalue weighted by Gasteiger charge is 2.67. The van der Waals surface area contributed by atoms with Gasteiger partial charge in [-0.25, -0.2) is 0 Å². The van der Waals surface area contributed by atoms with Gasteiger partial charge < -0.3 is 9.31 Å². The second-order valence-corrected chi connectivity index (χ2v) is 7.21. The van der Waals surface area contributed by atoms with Gasteiger partial charge in [0.05, 0.1) is 11.7 Å². The average Bonchev–Trinajstić information content (AvgIpc) is 2.76. The Morgan fingerprint density at radius 1 is 1.11 bits per heavy atom. The molecule has 1 aliphatic heterocycles. The lowest BCUT2D eigenvalue weighted by Crippen LogP contribution is -2.65. The predicted octanol–water partition coefficient (Wildman–Crippen LogP) is 2.62. The minimum atomic E-state index is -0.175. The second-order valence-electron chi connectivity index (χ2n) is 7.21. The largest absolute Gasteiger partial charge is 0.494 e. The molecule has 4 unspecified atom stereocenters. The number of rotatable bonds is 1. The highest BCUT2D eigenvalue weighted by molar-refractivity contribution is 6.62. The molecule has 3 aliphatic carbocycles. The molecule has 0 N–H and O–H groups in total. The van der Waals surface area contributed by atoms with Gasteiger partial charge in [0, 0.05) is 0 Å². The lowest BCUT2D eigenvalue weighted by atomic mass is 9.43. The quantitative estimate of drug-likeness (QED) is 0.719. The van der Waals surface area contributed by atoms with Crippen LogP contribution in [0, 0.1) is 17.3 Å². The molecule has 2 bridgehead atoms. The average molecular weight is 256 g/mol. The lowest BCUT2D eigenvalue weighted by Gasteiger charge is -2.64. The molecule has 0 amide bonds. The highest BCUT2D eigenvalue weighted by atomic mass is 16.7. The fourth-order valence-corrected chi connectivity index (χ4v) is 4.62. The number of hydrogen-bond donors (Lipinski definition) is 0. The summed E-state index contributed by atoms with van der Waals surface area (Å²) in [5.74, 6) is 1.45. The van der Waals surface area contributed by atoms with Gasteiger partial charge in [-0.1, -0.05) is 44.2 Å². The SMILES string of the molecule is CC1(C)C2CC3OB(c4ccccc4)OC3(C)C1C2. The molecule has 0 aromatic heterocycles. The highest BCUT2D eigenvalue weighted by Crippen LogP contribution is 2.65. The molecule has 5 rings (SSSR count). The van der Waals surface area contributed by atoms with E-state index in [0.717, 1.165) is 17.8 Å². The van der Waals surface area contributed by atoms with Crippen LogP contribution in [-0.4, -0.2) is 18.8 Å². The summed E-state index contributed by atoms with van der Waals surface area (Å²) in [4.78, 5) is 0. The predicted molar refractivity (Wildman–Crippen MR) is 76.2 cm³/mol. The first-order valence-corrected chi connectivity index (χ1v) is 7.40. The number of benzene rings is 1. The molecular formula is C16H21BO2. The molecule has 4 atom stereocenters. The van der Waals surface area contributed by atoms with E-state index >= 15 is 0 Å². The maximum absolute atomic E-state index is 6.40. The summed E-state index contributed by atoms with van der Waals surface area (Å²) in [6.07, 6.45) is 2.74. The van der Waals surface area contributed by atoms with Crippen LogP contribution < -0.4 is 5.46 Å². The first kappa shape index (κ1) is 12.0. The van der Waals surface area contributed by atoms with Crippen LogP contribution in [0.4, 0.5) is 0 Å². The third-order valence-electron chi connectivity index (χ3n) is 6.02. The Kier molecular flexibility index (Phi) is 2.30. The molecule has 100 valence electrons. The molecule has 4 aliphatic rings. The van der Waals surface area contributed by atoms with E-state index in [0.29, 0.717) is 11.3 Å². The fraction of sp³-hybridized carbons (Fsp3) is 0.625. The van der Waals surface area contributed by atoms with Crippen LogP contribution in [0.15, 0.2) is 30.3 Å². The second kappa shape index (κ2) is 3.65. The van der Waals surface area contributed by atoms with Gasteiger partial charge in [0.15, 0.2) is 0 Å². The van der Waals surface area contributed by atoms with E-state index in [1.165, 1.54) is 6.42 Å². The first-order chi connectivity index (χ1) is 9.02. The summed E-state index contributed by atoms with van der Waals surface area (Å²) in [5, 5.41) is 0. The molecule has 3 saturated carbocycles. The standard InChI is InChI=1S/C16H21BO2/c1-15(2)11-9-13(15)16(3)14(10-11)18-17(19-16)12-7-5-4-6-8-12/h4-8,11,13-14H,9-10H2,1-3H3. The van der Waals surface area contributed by atoms with Crippen LogP contribution in [0.25, 0.3) is 0 Å². The van der Waals surface area contributed by atoms with Gasteiger partial charge in [0.25, 0.3) is 0 Å². The van der Waals surface area contributed by atoms with Crippen molar-refractivity contribution in [3.63, 3.8) is 0 Å². The molecule has 4 fully saturated rings.